The van der Waals surface area contributed by atoms with Crippen molar-refractivity contribution in [2.45, 2.75) is 18.9 Å². The number of fused-ring (bicyclic) bond motifs is 1. The zero-order valence-corrected chi connectivity index (χ0v) is 10.8. The van der Waals surface area contributed by atoms with Crippen molar-refractivity contribution < 1.29 is 9.53 Å². The number of carbonyl (C=O) groups is 1. The summed E-state index contributed by atoms with van der Waals surface area (Å²) in [7, 11) is 1.43. The van der Waals surface area contributed by atoms with E-state index in [1.54, 1.807) is 17.7 Å². The summed E-state index contributed by atoms with van der Waals surface area (Å²) in [5, 5.41) is 3.00. The third kappa shape index (κ3) is 1.73. The molecule has 0 amide bonds. The van der Waals surface area contributed by atoms with Crippen molar-refractivity contribution in [3.05, 3.63) is 17.8 Å². The Balaban J connectivity index is 2.03. The van der Waals surface area contributed by atoms with Crippen molar-refractivity contribution in [3.63, 3.8) is 0 Å². The zero-order chi connectivity index (χ0) is 12.5. The van der Waals surface area contributed by atoms with E-state index < -0.39 is 0 Å². The quantitative estimate of drug-likeness (QED) is 0.774. The van der Waals surface area contributed by atoms with E-state index in [2.05, 4.69) is 9.97 Å². The lowest BCUT2D eigenvalue weighted by molar-refractivity contribution is -0.141. The largest absolute Gasteiger partial charge is 0.467 e. The highest BCUT2D eigenvalue weighted by molar-refractivity contribution is 7.16. The monoisotopic (exact) mass is 263 g/mol. The van der Waals surface area contributed by atoms with Crippen LogP contribution in [0.15, 0.2) is 17.8 Å². The zero-order valence-electron chi connectivity index (χ0n) is 10.00. The number of nitrogens with zero attached hydrogens (tertiary/aromatic N) is 3. The predicted octanol–water partition coefficient (Wildman–Crippen LogP) is 1.83. The summed E-state index contributed by atoms with van der Waals surface area (Å²) in [5.74, 6) is 0.656. The maximum absolute atomic E-state index is 11.8. The van der Waals surface area contributed by atoms with Crippen molar-refractivity contribution in [1.82, 2.24) is 9.97 Å². The van der Waals surface area contributed by atoms with Crippen molar-refractivity contribution in [2.75, 3.05) is 18.6 Å². The summed E-state index contributed by atoms with van der Waals surface area (Å²) in [6.45, 7) is 0.835. The third-order valence-corrected chi connectivity index (χ3v) is 4.06. The summed E-state index contributed by atoms with van der Waals surface area (Å²) >= 11 is 1.58. The highest BCUT2D eigenvalue weighted by atomic mass is 32.1. The number of anilines is 1. The fraction of sp³-hybridized carbons (Fsp3) is 0.417. The standard InChI is InChI=1S/C12H13N3O2S/c1-17-12(16)9-3-2-5-15(9)10-8-4-6-18-11(8)14-7-13-10/h4,6-7,9H,2-3,5H2,1H3. The van der Waals surface area contributed by atoms with Gasteiger partial charge in [0.1, 0.15) is 23.0 Å². The molecule has 18 heavy (non-hydrogen) atoms. The number of thiophene rings is 1. The highest BCUT2D eigenvalue weighted by Gasteiger charge is 2.33. The van der Waals surface area contributed by atoms with Crippen LogP contribution in [-0.4, -0.2) is 35.6 Å². The van der Waals surface area contributed by atoms with Gasteiger partial charge in [-0.05, 0) is 24.3 Å². The molecule has 1 unspecified atom stereocenters. The molecule has 0 saturated carbocycles. The molecule has 3 rings (SSSR count). The van der Waals surface area contributed by atoms with E-state index in [4.69, 9.17) is 4.74 Å². The van der Waals surface area contributed by atoms with E-state index in [0.717, 1.165) is 35.4 Å². The van der Waals surface area contributed by atoms with Crippen LogP contribution in [-0.2, 0) is 9.53 Å². The van der Waals surface area contributed by atoms with Gasteiger partial charge in [0.25, 0.3) is 0 Å². The maximum Gasteiger partial charge on any atom is 0.328 e. The molecule has 1 aliphatic heterocycles. The SMILES string of the molecule is COC(=O)C1CCCN1c1ncnc2sccc12. The molecular formula is C12H13N3O2S. The fourth-order valence-electron chi connectivity index (χ4n) is 2.41. The van der Waals surface area contributed by atoms with Crippen LogP contribution in [0.25, 0.3) is 10.2 Å². The average molecular weight is 263 g/mol. The highest BCUT2D eigenvalue weighted by Crippen LogP contribution is 2.31. The van der Waals surface area contributed by atoms with Crippen molar-refractivity contribution in [3.8, 4) is 0 Å². The molecule has 94 valence electrons. The first-order valence-corrected chi connectivity index (χ1v) is 6.72. The first-order valence-electron chi connectivity index (χ1n) is 5.84. The van der Waals surface area contributed by atoms with Gasteiger partial charge < -0.3 is 9.64 Å². The van der Waals surface area contributed by atoms with Gasteiger partial charge in [0.15, 0.2) is 0 Å². The molecule has 1 atom stereocenters. The lowest BCUT2D eigenvalue weighted by atomic mass is 10.2. The number of rotatable bonds is 2. The van der Waals surface area contributed by atoms with Crippen LogP contribution >= 0.6 is 11.3 Å². The molecule has 3 heterocycles. The number of carbonyl (C=O) groups excluding carboxylic acids is 1. The molecule has 0 aliphatic carbocycles. The maximum atomic E-state index is 11.8. The van der Waals surface area contributed by atoms with Crippen LogP contribution < -0.4 is 4.90 Å². The van der Waals surface area contributed by atoms with Crippen LogP contribution in [0.3, 0.4) is 0 Å². The molecule has 2 aromatic rings. The van der Waals surface area contributed by atoms with Crippen molar-refractivity contribution >= 4 is 33.3 Å². The Kier molecular flexibility index (Phi) is 2.87. The number of ether oxygens (including phenoxy) is 1. The minimum Gasteiger partial charge on any atom is -0.467 e. The normalized spacial score (nSPS) is 19.4. The second-order valence-corrected chi connectivity index (χ2v) is 5.11. The number of methoxy groups -OCH3 is 1. The van der Waals surface area contributed by atoms with Crippen LogP contribution in [0.4, 0.5) is 5.82 Å². The second-order valence-electron chi connectivity index (χ2n) is 4.21. The molecule has 0 N–H and O–H groups in total. The third-order valence-electron chi connectivity index (χ3n) is 3.24. The lowest BCUT2D eigenvalue weighted by Crippen LogP contribution is -2.37. The summed E-state index contributed by atoms with van der Waals surface area (Å²) in [6, 6.07) is 1.79. The summed E-state index contributed by atoms with van der Waals surface area (Å²) in [5.41, 5.74) is 0. The Morgan fingerprint density at radius 2 is 2.44 bits per heavy atom. The molecule has 5 nitrogen and oxygen atoms in total. The Bertz CT molecular complexity index is 583. The first kappa shape index (κ1) is 11.4. The molecule has 0 aromatic carbocycles. The average Bonchev–Trinajstić information content (AvgIpc) is 3.05. The molecule has 1 saturated heterocycles. The smallest absolute Gasteiger partial charge is 0.328 e. The van der Waals surface area contributed by atoms with Gasteiger partial charge in [0.05, 0.1) is 12.5 Å². The van der Waals surface area contributed by atoms with Gasteiger partial charge in [-0.3, -0.25) is 0 Å². The van der Waals surface area contributed by atoms with E-state index >= 15 is 0 Å². The van der Waals surface area contributed by atoms with Crippen molar-refractivity contribution in [2.24, 2.45) is 0 Å². The number of aromatic nitrogens is 2. The molecule has 0 spiro atoms. The van der Waals surface area contributed by atoms with Gasteiger partial charge in [-0.25, -0.2) is 14.8 Å². The minimum absolute atomic E-state index is 0.186. The van der Waals surface area contributed by atoms with Gasteiger partial charge in [0, 0.05) is 6.54 Å². The predicted molar refractivity (Wildman–Crippen MR) is 69.8 cm³/mol. The summed E-state index contributed by atoms with van der Waals surface area (Å²) in [4.78, 5) is 23.3. The van der Waals surface area contributed by atoms with Gasteiger partial charge in [-0.2, -0.15) is 0 Å². The number of hydrogen-bond donors (Lipinski definition) is 0. The second kappa shape index (κ2) is 4.53. The van der Waals surface area contributed by atoms with Gasteiger partial charge in [-0.15, -0.1) is 11.3 Å². The number of hydrogen-bond acceptors (Lipinski definition) is 6. The molecular weight excluding hydrogens is 250 g/mol. The van der Waals surface area contributed by atoms with Gasteiger partial charge >= 0.3 is 5.97 Å². The molecule has 2 aromatic heterocycles. The van der Waals surface area contributed by atoms with Crippen LogP contribution in [0.5, 0.6) is 0 Å². The van der Waals surface area contributed by atoms with Crippen LogP contribution in [0.1, 0.15) is 12.8 Å². The topological polar surface area (TPSA) is 55.3 Å². The van der Waals surface area contributed by atoms with E-state index in [9.17, 15) is 4.79 Å². The molecule has 0 bridgehead atoms. The van der Waals surface area contributed by atoms with E-state index in [1.807, 2.05) is 16.3 Å². The first-order chi connectivity index (χ1) is 8.81. The number of esters is 1. The molecule has 1 aliphatic rings. The van der Waals surface area contributed by atoms with E-state index in [-0.39, 0.29) is 12.0 Å². The van der Waals surface area contributed by atoms with Crippen LogP contribution in [0.2, 0.25) is 0 Å². The molecule has 0 radical (unpaired) electrons. The minimum atomic E-state index is -0.215. The summed E-state index contributed by atoms with van der Waals surface area (Å²) in [6.07, 6.45) is 3.36. The van der Waals surface area contributed by atoms with Crippen LogP contribution in [0, 0.1) is 0 Å². The fourth-order valence-corrected chi connectivity index (χ4v) is 3.13. The summed E-state index contributed by atoms with van der Waals surface area (Å²) < 4.78 is 4.86. The Hall–Kier alpha value is -1.69. The van der Waals surface area contributed by atoms with Crippen molar-refractivity contribution in [1.29, 1.82) is 0 Å². The molecule has 1 fully saturated rings. The Labute approximate surface area is 108 Å². The van der Waals surface area contributed by atoms with E-state index in [0.29, 0.717) is 0 Å². The Morgan fingerprint density at radius 3 is 3.28 bits per heavy atom. The van der Waals surface area contributed by atoms with E-state index in [1.165, 1.54) is 7.11 Å². The Morgan fingerprint density at radius 1 is 1.56 bits per heavy atom. The van der Waals surface area contributed by atoms with Gasteiger partial charge in [0.2, 0.25) is 0 Å². The van der Waals surface area contributed by atoms with Gasteiger partial charge in [-0.1, -0.05) is 0 Å². The lowest BCUT2D eigenvalue weighted by Gasteiger charge is -2.23. The molecule has 6 heteroatoms.